The van der Waals surface area contributed by atoms with Gasteiger partial charge in [0.15, 0.2) is 5.57 Å². The van der Waals surface area contributed by atoms with E-state index in [1.807, 2.05) is 11.9 Å². The van der Waals surface area contributed by atoms with E-state index in [-0.39, 0.29) is 5.69 Å². The predicted molar refractivity (Wildman–Crippen MR) is 99.1 cm³/mol. The van der Waals surface area contributed by atoms with Crippen LogP contribution in [0.1, 0.15) is 19.4 Å². The number of esters is 2. The Labute approximate surface area is 166 Å². The van der Waals surface area contributed by atoms with Gasteiger partial charge < -0.3 is 24.6 Å². The number of anilines is 2. The topological polar surface area (TPSA) is 71.1 Å². The van der Waals surface area contributed by atoms with E-state index in [4.69, 9.17) is 9.47 Å². The van der Waals surface area contributed by atoms with Crippen LogP contribution < -0.4 is 10.2 Å². The minimum absolute atomic E-state index is 0.127. The summed E-state index contributed by atoms with van der Waals surface area (Å²) in [6.45, 7) is 5.60. The average Bonchev–Trinajstić information content (AvgIpc) is 2.60. The summed E-state index contributed by atoms with van der Waals surface area (Å²) in [4.78, 5) is 28.2. The Morgan fingerprint density at radius 1 is 1.07 bits per heavy atom. The Hall–Kier alpha value is -2.75. The number of carbonyl (C=O) groups is 2. The van der Waals surface area contributed by atoms with Gasteiger partial charge >= 0.3 is 18.1 Å². The number of piperazine rings is 1. The van der Waals surface area contributed by atoms with Crippen LogP contribution in [0.5, 0.6) is 0 Å². The van der Waals surface area contributed by atoms with Crippen LogP contribution in [0, 0.1) is 0 Å². The molecule has 1 aromatic rings. The Kier molecular flexibility index (Phi) is 5.48. The lowest BCUT2D eigenvalue weighted by atomic mass is 10.1. The van der Waals surface area contributed by atoms with Gasteiger partial charge in [-0.3, -0.25) is 0 Å². The first-order valence-corrected chi connectivity index (χ1v) is 9.04. The van der Waals surface area contributed by atoms with Crippen molar-refractivity contribution in [1.29, 1.82) is 0 Å². The standard InChI is InChI=1S/C19H22F3N3O4/c1-18(2)28-16(26)13(17(27)29-18)11-23-14-10-12(19(20,21)22)4-5-15(14)25-8-6-24(3)7-9-25/h4-5,10-11,23H,6-9H2,1-3H3. The van der Waals surface area contributed by atoms with Gasteiger partial charge in [0.2, 0.25) is 0 Å². The van der Waals surface area contributed by atoms with Gasteiger partial charge in [-0.2, -0.15) is 13.2 Å². The largest absolute Gasteiger partial charge is 0.419 e. The van der Waals surface area contributed by atoms with E-state index in [0.717, 1.165) is 31.4 Å². The molecule has 2 aliphatic rings. The molecule has 29 heavy (non-hydrogen) atoms. The molecule has 0 aromatic heterocycles. The highest BCUT2D eigenvalue weighted by atomic mass is 19.4. The number of nitrogens with zero attached hydrogens (tertiary/aromatic N) is 2. The van der Waals surface area contributed by atoms with Crippen LogP contribution in [-0.2, 0) is 25.2 Å². The Morgan fingerprint density at radius 3 is 2.21 bits per heavy atom. The van der Waals surface area contributed by atoms with Gasteiger partial charge in [0.1, 0.15) is 0 Å². The Balaban J connectivity index is 1.91. The summed E-state index contributed by atoms with van der Waals surface area (Å²) in [5.74, 6) is -3.22. The summed E-state index contributed by atoms with van der Waals surface area (Å²) in [6.07, 6.45) is -3.51. The van der Waals surface area contributed by atoms with Crippen molar-refractivity contribution in [2.45, 2.75) is 25.8 Å². The number of hydrogen-bond acceptors (Lipinski definition) is 7. The smallest absolute Gasteiger partial charge is 0.416 e. The summed E-state index contributed by atoms with van der Waals surface area (Å²) < 4.78 is 49.5. The van der Waals surface area contributed by atoms with Crippen molar-refractivity contribution in [3.05, 3.63) is 35.5 Å². The number of cyclic esters (lactones) is 2. The number of hydrogen-bond donors (Lipinski definition) is 1. The SMILES string of the molecule is CN1CCN(c2ccc(C(F)(F)F)cc2NC=C2C(=O)OC(C)(C)OC2=O)CC1. The minimum atomic E-state index is -4.53. The van der Waals surface area contributed by atoms with Gasteiger partial charge in [-0.25, -0.2) is 9.59 Å². The molecule has 0 spiro atoms. The highest BCUT2D eigenvalue weighted by Gasteiger charge is 2.39. The molecule has 2 saturated heterocycles. The van der Waals surface area contributed by atoms with E-state index in [1.165, 1.54) is 19.9 Å². The van der Waals surface area contributed by atoms with Gasteiger partial charge in [0, 0.05) is 46.2 Å². The lowest BCUT2D eigenvalue weighted by molar-refractivity contribution is -0.222. The van der Waals surface area contributed by atoms with E-state index >= 15 is 0 Å². The number of likely N-dealkylation sites (N-methyl/N-ethyl adjacent to an activating group) is 1. The van der Waals surface area contributed by atoms with E-state index < -0.39 is 35.0 Å². The van der Waals surface area contributed by atoms with Crippen LogP contribution in [0.3, 0.4) is 0 Å². The maximum atomic E-state index is 13.2. The molecule has 158 valence electrons. The van der Waals surface area contributed by atoms with Crippen LogP contribution >= 0.6 is 0 Å². The third-order valence-corrected chi connectivity index (χ3v) is 4.66. The van der Waals surface area contributed by atoms with Crippen molar-refractivity contribution in [2.75, 3.05) is 43.4 Å². The molecule has 2 aliphatic heterocycles. The minimum Gasteiger partial charge on any atom is -0.419 e. The zero-order chi connectivity index (χ0) is 21.4. The maximum absolute atomic E-state index is 13.2. The second-order valence-corrected chi connectivity index (χ2v) is 7.40. The number of rotatable bonds is 3. The average molecular weight is 413 g/mol. The summed E-state index contributed by atoms with van der Waals surface area (Å²) in [5, 5.41) is 2.67. The van der Waals surface area contributed by atoms with Crippen molar-refractivity contribution in [2.24, 2.45) is 0 Å². The molecule has 2 heterocycles. The van der Waals surface area contributed by atoms with Gasteiger partial charge in [0.25, 0.3) is 5.79 Å². The second-order valence-electron chi connectivity index (χ2n) is 7.40. The lowest BCUT2D eigenvalue weighted by Gasteiger charge is -2.35. The van der Waals surface area contributed by atoms with Crippen LogP contribution in [0.25, 0.3) is 0 Å². The van der Waals surface area contributed by atoms with Crippen LogP contribution in [0.15, 0.2) is 30.0 Å². The first-order chi connectivity index (χ1) is 13.5. The van der Waals surface area contributed by atoms with Crippen molar-refractivity contribution >= 4 is 23.3 Å². The molecule has 3 rings (SSSR count). The fraction of sp³-hybridized carbons (Fsp3) is 0.474. The Morgan fingerprint density at radius 2 is 1.66 bits per heavy atom. The van der Waals surface area contributed by atoms with Crippen molar-refractivity contribution in [3.8, 4) is 0 Å². The van der Waals surface area contributed by atoms with Crippen molar-refractivity contribution in [3.63, 3.8) is 0 Å². The molecular formula is C19H22F3N3O4. The molecule has 1 N–H and O–H groups in total. The van der Waals surface area contributed by atoms with Gasteiger partial charge in [0.05, 0.1) is 16.9 Å². The molecule has 0 bridgehead atoms. The molecule has 0 aliphatic carbocycles. The molecule has 1 aromatic carbocycles. The number of alkyl halides is 3. The second kappa shape index (κ2) is 7.58. The van der Waals surface area contributed by atoms with Gasteiger partial charge in [-0.15, -0.1) is 0 Å². The third-order valence-electron chi connectivity index (χ3n) is 4.66. The lowest BCUT2D eigenvalue weighted by Crippen LogP contribution is -2.44. The summed E-state index contributed by atoms with van der Waals surface area (Å²) >= 11 is 0. The van der Waals surface area contributed by atoms with Crippen LogP contribution in [-0.4, -0.2) is 55.9 Å². The van der Waals surface area contributed by atoms with Gasteiger partial charge in [-0.1, -0.05) is 0 Å². The zero-order valence-corrected chi connectivity index (χ0v) is 16.3. The molecule has 2 fully saturated rings. The van der Waals surface area contributed by atoms with Crippen molar-refractivity contribution < 1.29 is 32.2 Å². The summed E-state index contributed by atoms with van der Waals surface area (Å²) in [5.41, 5.74) is -0.597. The third kappa shape index (κ3) is 4.81. The number of carbonyl (C=O) groups excluding carboxylic acids is 2. The maximum Gasteiger partial charge on any atom is 0.416 e. The number of benzene rings is 1. The molecule has 0 unspecified atom stereocenters. The Bertz CT molecular complexity index is 822. The van der Waals surface area contributed by atoms with Crippen LogP contribution in [0.4, 0.5) is 24.5 Å². The number of halogens is 3. The van der Waals surface area contributed by atoms with Gasteiger partial charge in [-0.05, 0) is 25.2 Å². The monoisotopic (exact) mass is 413 g/mol. The number of nitrogens with one attached hydrogen (secondary N) is 1. The first kappa shape index (κ1) is 21.0. The summed E-state index contributed by atoms with van der Waals surface area (Å²) in [7, 11) is 1.97. The fourth-order valence-corrected chi connectivity index (χ4v) is 3.08. The predicted octanol–water partition coefficient (Wildman–Crippen LogP) is 2.59. The molecular weight excluding hydrogens is 391 g/mol. The van der Waals surface area contributed by atoms with Crippen LogP contribution in [0.2, 0.25) is 0 Å². The molecule has 0 saturated carbocycles. The highest BCUT2D eigenvalue weighted by Crippen LogP contribution is 2.36. The molecule has 7 nitrogen and oxygen atoms in total. The van der Waals surface area contributed by atoms with E-state index in [0.29, 0.717) is 18.8 Å². The molecule has 0 amide bonds. The zero-order valence-electron chi connectivity index (χ0n) is 16.3. The number of ether oxygens (including phenoxy) is 2. The van der Waals surface area contributed by atoms with E-state index in [9.17, 15) is 22.8 Å². The molecule has 0 radical (unpaired) electrons. The van der Waals surface area contributed by atoms with E-state index in [1.54, 1.807) is 0 Å². The fourth-order valence-electron chi connectivity index (χ4n) is 3.08. The van der Waals surface area contributed by atoms with E-state index in [2.05, 4.69) is 10.2 Å². The molecule has 0 atom stereocenters. The van der Waals surface area contributed by atoms with Crippen molar-refractivity contribution in [1.82, 2.24) is 4.90 Å². The normalized spacial score (nSPS) is 20.2. The summed E-state index contributed by atoms with van der Waals surface area (Å²) in [6, 6.07) is 3.35. The molecule has 10 heteroatoms. The first-order valence-electron chi connectivity index (χ1n) is 9.04. The highest BCUT2D eigenvalue weighted by molar-refractivity contribution is 6.15. The quantitative estimate of drug-likeness (QED) is 0.464.